The van der Waals surface area contributed by atoms with Gasteiger partial charge in [0.25, 0.3) is 0 Å². The maximum Gasteiger partial charge on any atom is 0.496 e. The second-order valence-corrected chi connectivity index (χ2v) is 20.1. The molecule has 1 saturated heterocycles. The van der Waals surface area contributed by atoms with E-state index >= 15 is 0 Å². The molecule has 0 bridgehead atoms. The Balaban J connectivity index is 0.000000235. The van der Waals surface area contributed by atoms with Crippen molar-refractivity contribution in [3.05, 3.63) is 189 Å². The Kier molecular flexibility index (Phi) is 25.6. The number of aromatic nitrogens is 3. The molecule has 6 aromatic rings. The van der Waals surface area contributed by atoms with Gasteiger partial charge >= 0.3 is 19.1 Å². The molecule has 3 aliphatic rings. The number of methoxy groups -OCH3 is 2. The van der Waals surface area contributed by atoms with Gasteiger partial charge in [-0.25, -0.2) is 55.9 Å². The van der Waals surface area contributed by atoms with Gasteiger partial charge in [-0.2, -0.15) is 10.2 Å². The molecule has 84 heavy (non-hydrogen) atoms. The van der Waals surface area contributed by atoms with E-state index in [0.29, 0.717) is 72.2 Å². The number of ether oxygens (including phenoxy) is 2. The highest BCUT2D eigenvalue weighted by Gasteiger charge is 2.51. The van der Waals surface area contributed by atoms with Crippen molar-refractivity contribution in [2.75, 3.05) is 28.3 Å². The molecule has 3 aromatic heterocycles. The van der Waals surface area contributed by atoms with Crippen LogP contribution in [-0.4, -0.2) is 113 Å². The lowest BCUT2D eigenvalue weighted by Gasteiger charge is -2.32. The number of halogens is 7. The number of hydrogen-bond donors (Lipinski definition) is 1. The van der Waals surface area contributed by atoms with Gasteiger partial charge in [0.05, 0.1) is 31.8 Å². The summed E-state index contributed by atoms with van der Waals surface area (Å²) in [5.74, 6) is -5.76. The van der Waals surface area contributed by atoms with Gasteiger partial charge in [0.2, 0.25) is 11.8 Å². The quantitative estimate of drug-likeness (QED) is 0.0420. The topological polar surface area (TPSA) is 218 Å². The average Bonchev–Trinajstić information content (AvgIpc) is 2.72. The molecule has 17 nitrogen and oxygen atoms in total. The predicted molar refractivity (Wildman–Crippen MR) is 307 cm³/mol. The van der Waals surface area contributed by atoms with Crippen LogP contribution in [0.15, 0.2) is 120 Å². The summed E-state index contributed by atoms with van der Waals surface area (Å²) in [5, 5.41) is 10.9. The summed E-state index contributed by atoms with van der Waals surface area (Å²) in [4.78, 5) is 69.1. The van der Waals surface area contributed by atoms with Gasteiger partial charge in [0, 0.05) is 68.5 Å². The summed E-state index contributed by atoms with van der Waals surface area (Å²) in [6.07, 6.45) is 7.47. The molecule has 0 unspecified atom stereocenters. The van der Waals surface area contributed by atoms with Crippen LogP contribution in [0.5, 0.6) is 0 Å². The lowest BCUT2D eigenvalue weighted by molar-refractivity contribution is -0.131. The molecule has 0 radical (unpaired) electrons. The van der Waals surface area contributed by atoms with Gasteiger partial charge in [-0.3, -0.25) is 19.4 Å². The number of hydrazone groups is 2. The number of nitrogens with two attached hydrogens (primary N) is 1. The number of alkyl halides is 1. The smallest absolute Gasteiger partial charge is 0.464 e. The van der Waals surface area contributed by atoms with Crippen molar-refractivity contribution in [3.8, 4) is 0 Å². The predicted octanol–water partition coefficient (Wildman–Crippen LogP) is 10.0. The van der Waals surface area contributed by atoms with Crippen LogP contribution < -0.4 is 11.2 Å². The number of ketones is 1. The zero-order valence-corrected chi connectivity index (χ0v) is 48.2. The van der Waals surface area contributed by atoms with Crippen LogP contribution in [0.2, 0.25) is 0 Å². The minimum atomic E-state index is -0.890. The molecule has 2 amide bonds. The first-order chi connectivity index (χ1) is 39.2. The van der Waals surface area contributed by atoms with Crippen molar-refractivity contribution in [1.82, 2.24) is 25.0 Å². The molecule has 0 atom stereocenters. The lowest BCUT2D eigenvalue weighted by atomic mass is 9.80. The Morgan fingerprint density at radius 2 is 0.976 bits per heavy atom. The van der Waals surface area contributed by atoms with Crippen LogP contribution in [0.25, 0.3) is 0 Å². The fourth-order valence-electron chi connectivity index (χ4n) is 7.42. The molecular formula is C59H64BBrF6N8O9. The van der Waals surface area contributed by atoms with E-state index in [1.165, 1.54) is 60.8 Å². The second kappa shape index (κ2) is 31.5. The summed E-state index contributed by atoms with van der Waals surface area (Å²) in [5.41, 5.74) is 10.3. The largest absolute Gasteiger partial charge is 0.496 e. The normalized spacial score (nSPS) is 14.7. The molecule has 25 heteroatoms. The summed E-state index contributed by atoms with van der Waals surface area (Å²) in [6.45, 7) is 7.96. The number of carbonyl (C=O) groups is 5. The molecule has 9 rings (SSSR count). The van der Waals surface area contributed by atoms with Crippen molar-refractivity contribution < 1.29 is 69.1 Å². The summed E-state index contributed by atoms with van der Waals surface area (Å²) >= 11 is 3.13. The minimum absolute atomic E-state index is 0. The maximum atomic E-state index is 13.3. The van der Waals surface area contributed by atoms with Gasteiger partial charge in [0.15, 0.2) is 40.7 Å². The second-order valence-electron chi connectivity index (χ2n) is 19.6. The van der Waals surface area contributed by atoms with E-state index in [0.717, 1.165) is 52.5 Å². The molecular weight excluding hydrogens is 1170 g/mol. The number of amidine groups is 1. The van der Waals surface area contributed by atoms with Crippen LogP contribution in [0.1, 0.15) is 127 Å². The van der Waals surface area contributed by atoms with Crippen molar-refractivity contribution in [2.24, 2.45) is 15.9 Å². The molecule has 1 fully saturated rings. The Bertz CT molecular complexity index is 3310. The van der Waals surface area contributed by atoms with Crippen molar-refractivity contribution in [3.63, 3.8) is 0 Å². The number of rotatable bonds is 11. The fraction of sp³-hybridized carbons (Fsp3) is 0.322. The number of pyridine rings is 3. The molecule has 3 aromatic carbocycles. The molecule has 3 aliphatic heterocycles. The number of nitrogens with zero attached hydrogens (tertiary/aromatic N) is 7. The van der Waals surface area contributed by atoms with Gasteiger partial charge in [-0.05, 0) is 129 Å². The highest BCUT2D eigenvalue weighted by molar-refractivity contribution is 9.08. The third-order valence-electron chi connectivity index (χ3n) is 12.8. The van der Waals surface area contributed by atoms with Gasteiger partial charge in [-0.15, -0.1) is 0 Å². The van der Waals surface area contributed by atoms with E-state index in [9.17, 15) is 50.3 Å². The first-order valence-corrected chi connectivity index (χ1v) is 26.6. The number of esters is 2. The van der Waals surface area contributed by atoms with E-state index < -0.39 is 65.2 Å². The zero-order valence-electron chi connectivity index (χ0n) is 46.7. The molecule has 0 aliphatic carbocycles. The Morgan fingerprint density at radius 1 is 0.571 bits per heavy atom. The highest BCUT2D eigenvalue weighted by Crippen LogP contribution is 2.36. The molecule has 0 spiro atoms. The van der Waals surface area contributed by atoms with E-state index in [1.54, 1.807) is 56.8 Å². The van der Waals surface area contributed by atoms with Crippen molar-refractivity contribution in [2.45, 2.75) is 96.6 Å². The zero-order chi connectivity index (χ0) is 61.2. The molecule has 446 valence electrons. The summed E-state index contributed by atoms with van der Waals surface area (Å²) in [6, 6.07) is 21.2. The monoisotopic (exact) mass is 1230 g/mol. The van der Waals surface area contributed by atoms with Crippen molar-refractivity contribution >= 4 is 69.6 Å². The Morgan fingerprint density at radius 3 is 1.36 bits per heavy atom. The van der Waals surface area contributed by atoms with Crippen LogP contribution >= 0.6 is 15.9 Å². The van der Waals surface area contributed by atoms with Crippen LogP contribution in [-0.2, 0) is 46.5 Å². The van der Waals surface area contributed by atoms with E-state index in [4.69, 9.17) is 15.0 Å². The third kappa shape index (κ3) is 20.0. The number of carbonyl (C=O) groups excluding carboxylic acids is 5. The molecule has 6 heterocycles. The first-order valence-electron chi connectivity index (χ1n) is 25.4. The van der Waals surface area contributed by atoms with E-state index in [1.807, 2.05) is 27.7 Å². The summed E-state index contributed by atoms with van der Waals surface area (Å²) in [7, 11) is 5.31. The molecule has 0 saturated carbocycles. The van der Waals surface area contributed by atoms with Gasteiger partial charge in [-0.1, -0.05) is 59.8 Å². The first kappa shape index (κ1) is 68.3. The van der Waals surface area contributed by atoms with E-state index in [-0.39, 0.29) is 42.8 Å². The Hall–Kier alpha value is -8.16. The third-order valence-corrected chi connectivity index (χ3v) is 13.5. The Labute approximate surface area is 491 Å². The number of hydrogen-bond acceptors (Lipinski definition) is 15. The van der Waals surface area contributed by atoms with E-state index in [2.05, 4.69) is 50.6 Å². The van der Waals surface area contributed by atoms with Gasteiger partial charge < -0.3 is 24.5 Å². The number of benzene rings is 3. The van der Waals surface area contributed by atoms with Gasteiger partial charge in [0.1, 0.15) is 22.9 Å². The minimum Gasteiger partial charge on any atom is -0.464 e. The molecule has 2 N–H and O–H groups in total. The fourth-order valence-corrected chi connectivity index (χ4v) is 7.77. The standard InChI is InChI=1S/C19H17F2N3O2.C14H11F2NO2.C13H18BNO4.C7H5BrF2.C5H9N3O.CH4/c1-24-19(26)7-4-14(23-24)10-18(25)17-6-3-13(11-22-17)8-12-2-5-15(20)16(21)9-12;1-19-14(18)13-5-3-10(8-17-13)6-9-2-4-11(15)12(16)7-9;1-12(2)13(3,4)19-14(18-12)9-6-7-10(15-8-9)11(16)17-5;8-4-5-1-2-6(9)7(10)3-5;1-8-5(9)3-2-4(6)7-8;/h2-3,5-6,9,11H,4,7-8,10H2,1H3;2-5,7-8H,6H2,1H3;6-8H,1-5H3;1-3H,4H2;2-3H2,1H3,(H2,6,7);1H4. The van der Waals surface area contributed by atoms with Crippen LogP contribution in [0.4, 0.5) is 26.3 Å². The highest BCUT2D eigenvalue weighted by atomic mass is 79.9. The van der Waals surface area contributed by atoms with Crippen LogP contribution in [0, 0.1) is 34.9 Å². The SMILES string of the molecule is C.CN1N=C(CC(=O)c2ccc(Cc3ccc(F)c(F)c3)cn2)CCC1=O.CN1N=C(N)CCC1=O.COC(=O)c1ccc(B2OC(C)(C)C(C)(C)O2)cn1.COC(=O)c1ccc(Cc2ccc(F)c(F)c2)cn1.Fc1ccc(CBr)cc1F. The van der Waals surface area contributed by atoms with Crippen LogP contribution in [0.3, 0.4) is 0 Å². The maximum absolute atomic E-state index is 13.3. The lowest BCUT2D eigenvalue weighted by Crippen LogP contribution is -2.41. The summed E-state index contributed by atoms with van der Waals surface area (Å²) < 4.78 is 97.6. The van der Waals surface area contributed by atoms with Crippen molar-refractivity contribution in [1.29, 1.82) is 0 Å². The number of Topliss-reactive ketones (excluding diaryl/α,β-unsaturated/α-hetero) is 1. The average molecular weight is 1230 g/mol. The number of amides is 2.